The first-order valence-electron chi connectivity index (χ1n) is 7.03. The van der Waals surface area contributed by atoms with Gasteiger partial charge in [-0.2, -0.15) is 0 Å². The first-order valence-corrected chi connectivity index (χ1v) is 7.03. The smallest absolute Gasteiger partial charge is 0.322 e. The molecule has 1 fully saturated rings. The molecule has 1 aromatic rings. The number of nitrogens with zero attached hydrogens (tertiary/aromatic N) is 4. The highest BCUT2D eigenvalue weighted by Crippen LogP contribution is 2.22. The molecule has 20 heavy (non-hydrogen) atoms. The number of aryl methyl sites for hydroxylation is 2. The van der Waals surface area contributed by atoms with Crippen LogP contribution in [-0.2, 0) is 11.2 Å². The highest BCUT2D eigenvalue weighted by atomic mass is 16.4. The van der Waals surface area contributed by atoms with E-state index >= 15 is 0 Å². The van der Waals surface area contributed by atoms with Crippen molar-refractivity contribution < 1.29 is 9.90 Å². The number of aliphatic carboxylic acids is 1. The Bertz CT molecular complexity index is 492. The van der Waals surface area contributed by atoms with Gasteiger partial charge >= 0.3 is 5.97 Å². The lowest BCUT2D eigenvalue weighted by Crippen LogP contribution is -2.55. The maximum absolute atomic E-state index is 11.3. The van der Waals surface area contributed by atoms with E-state index in [1.807, 2.05) is 25.1 Å². The van der Waals surface area contributed by atoms with Crippen LogP contribution in [0.15, 0.2) is 6.20 Å². The predicted molar refractivity (Wildman–Crippen MR) is 77.0 cm³/mol. The minimum absolute atomic E-state index is 0.471. The van der Waals surface area contributed by atoms with Crippen LogP contribution in [0.2, 0.25) is 0 Å². The average molecular weight is 278 g/mol. The van der Waals surface area contributed by atoms with Crippen LogP contribution in [0.1, 0.15) is 24.7 Å². The molecule has 6 nitrogen and oxygen atoms in total. The largest absolute Gasteiger partial charge is 0.480 e. The second kappa shape index (κ2) is 6.17. The molecule has 1 aromatic heterocycles. The lowest BCUT2D eigenvalue weighted by atomic mass is 10.1. The van der Waals surface area contributed by atoms with E-state index in [2.05, 4.69) is 21.8 Å². The minimum atomic E-state index is -0.778. The SMILES string of the molecule is CCCc1cnc(C)nc1N1CCN(C)[C@@H](C(=O)O)C1. The summed E-state index contributed by atoms with van der Waals surface area (Å²) in [4.78, 5) is 24.1. The molecule has 0 bridgehead atoms. The van der Waals surface area contributed by atoms with Crippen molar-refractivity contribution in [3.05, 3.63) is 17.6 Å². The Labute approximate surface area is 119 Å². The van der Waals surface area contributed by atoms with Gasteiger partial charge in [-0.3, -0.25) is 9.69 Å². The Morgan fingerprint density at radius 2 is 2.25 bits per heavy atom. The Balaban J connectivity index is 2.26. The zero-order valence-corrected chi connectivity index (χ0v) is 12.3. The predicted octanol–water partition coefficient (Wildman–Crippen LogP) is 0.943. The Hall–Kier alpha value is -1.69. The molecule has 0 unspecified atom stereocenters. The number of anilines is 1. The molecule has 0 spiro atoms. The molecule has 1 N–H and O–H groups in total. The fourth-order valence-electron chi connectivity index (χ4n) is 2.54. The number of likely N-dealkylation sites (N-methyl/N-ethyl adjacent to an activating group) is 1. The van der Waals surface area contributed by atoms with Crippen LogP contribution in [0, 0.1) is 6.92 Å². The van der Waals surface area contributed by atoms with Gasteiger partial charge in [0.05, 0.1) is 0 Å². The van der Waals surface area contributed by atoms with E-state index in [1.165, 1.54) is 0 Å². The zero-order chi connectivity index (χ0) is 14.7. The van der Waals surface area contributed by atoms with Gasteiger partial charge in [0.15, 0.2) is 0 Å². The summed E-state index contributed by atoms with van der Waals surface area (Å²) in [5, 5.41) is 9.30. The number of piperazine rings is 1. The minimum Gasteiger partial charge on any atom is -0.480 e. The first kappa shape index (κ1) is 14.7. The van der Waals surface area contributed by atoms with E-state index in [0.717, 1.165) is 43.1 Å². The zero-order valence-electron chi connectivity index (χ0n) is 12.3. The number of carboxylic acid groups (broad SMARTS) is 1. The Kier molecular flexibility index (Phi) is 4.54. The molecule has 2 heterocycles. The van der Waals surface area contributed by atoms with Gasteiger partial charge in [-0.1, -0.05) is 13.3 Å². The number of hydrogen-bond acceptors (Lipinski definition) is 5. The number of carbonyl (C=O) groups is 1. The van der Waals surface area contributed by atoms with E-state index < -0.39 is 12.0 Å². The standard InChI is InChI=1S/C14H22N4O2/c1-4-5-11-8-15-10(2)16-13(11)18-7-6-17(3)12(9-18)14(19)20/h8,12H,4-7,9H2,1-3H3,(H,19,20)/t12-/m1/s1. The van der Waals surface area contributed by atoms with E-state index in [9.17, 15) is 9.90 Å². The van der Waals surface area contributed by atoms with Crippen molar-refractivity contribution >= 4 is 11.8 Å². The maximum Gasteiger partial charge on any atom is 0.322 e. The lowest BCUT2D eigenvalue weighted by Gasteiger charge is -2.38. The summed E-state index contributed by atoms with van der Waals surface area (Å²) in [6.45, 7) is 5.98. The topological polar surface area (TPSA) is 69.6 Å². The van der Waals surface area contributed by atoms with Crippen LogP contribution in [-0.4, -0.2) is 58.7 Å². The maximum atomic E-state index is 11.3. The Morgan fingerprint density at radius 3 is 2.90 bits per heavy atom. The van der Waals surface area contributed by atoms with Crippen molar-refractivity contribution in [1.82, 2.24) is 14.9 Å². The van der Waals surface area contributed by atoms with Gasteiger partial charge in [0.25, 0.3) is 0 Å². The van der Waals surface area contributed by atoms with Gasteiger partial charge in [-0.05, 0) is 20.4 Å². The third kappa shape index (κ3) is 3.07. The van der Waals surface area contributed by atoms with Gasteiger partial charge in [-0.25, -0.2) is 9.97 Å². The lowest BCUT2D eigenvalue weighted by molar-refractivity contribution is -0.142. The second-order valence-electron chi connectivity index (χ2n) is 5.30. The number of rotatable bonds is 4. The van der Waals surface area contributed by atoms with Crippen LogP contribution in [0.5, 0.6) is 0 Å². The van der Waals surface area contributed by atoms with Crippen LogP contribution in [0.4, 0.5) is 5.82 Å². The highest BCUT2D eigenvalue weighted by Gasteiger charge is 2.31. The van der Waals surface area contributed by atoms with Crippen molar-refractivity contribution in [2.75, 3.05) is 31.6 Å². The van der Waals surface area contributed by atoms with Gasteiger partial charge in [0.1, 0.15) is 17.7 Å². The molecule has 0 aliphatic carbocycles. The van der Waals surface area contributed by atoms with Crippen LogP contribution >= 0.6 is 0 Å². The molecule has 1 aliphatic heterocycles. The van der Waals surface area contributed by atoms with Crippen LogP contribution in [0.25, 0.3) is 0 Å². The molecule has 0 radical (unpaired) electrons. The van der Waals surface area contributed by atoms with Crippen LogP contribution < -0.4 is 4.90 Å². The number of aromatic nitrogens is 2. The fourth-order valence-corrected chi connectivity index (χ4v) is 2.54. The summed E-state index contributed by atoms with van der Waals surface area (Å²) in [5.74, 6) is 0.851. The van der Waals surface area contributed by atoms with Crippen LogP contribution in [0.3, 0.4) is 0 Å². The van der Waals surface area contributed by atoms with Gasteiger partial charge < -0.3 is 10.0 Å². The second-order valence-corrected chi connectivity index (χ2v) is 5.30. The highest BCUT2D eigenvalue weighted by molar-refractivity contribution is 5.75. The van der Waals surface area contributed by atoms with Crippen molar-refractivity contribution in [1.29, 1.82) is 0 Å². The molecule has 1 atom stereocenters. The molecular weight excluding hydrogens is 256 g/mol. The normalized spacial score (nSPS) is 20.1. The van der Waals surface area contributed by atoms with Gasteiger partial charge in [0.2, 0.25) is 0 Å². The molecule has 0 saturated carbocycles. The molecule has 110 valence electrons. The average Bonchev–Trinajstić information content (AvgIpc) is 2.41. The van der Waals surface area contributed by atoms with Crippen molar-refractivity contribution in [3.63, 3.8) is 0 Å². The fraction of sp³-hybridized carbons (Fsp3) is 0.643. The molecule has 1 aliphatic rings. The third-order valence-electron chi connectivity index (χ3n) is 3.71. The summed E-state index contributed by atoms with van der Waals surface area (Å²) in [6, 6.07) is -0.478. The molecule has 0 amide bonds. The van der Waals surface area contributed by atoms with Crippen molar-refractivity contribution in [2.45, 2.75) is 32.7 Å². The van der Waals surface area contributed by atoms with Crippen molar-refractivity contribution in [2.24, 2.45) is 0 Å². The summed E-state index contributed by atoms with van der Waals surface area (Å²) in [6.07, 6.45) is 3.81. The molecule has 0 aromatic carbocycles. The van der Waals surface area contributed by atoms with Crippen molar-refractivity contribution in [3.8, 4) is 0 Å². The monoisotopic (exact) mass is 278 g/mol. The van der Waals surface area contributed by atoms with E-state index in [4.69, 9.17) is 0 Å². The summed E-state index contributed by atoms with van der Waals surface area (Å²) >= 11 is 0. The van der Waals surface area contributed by atoms with Gasteiger partial charge in [0, 0.05) is 31.4 Å². The molecule has 2 rings (SSSR count). The summed E-state index contributed by atoms with van der Waals surface area (Å²) in [5.41, 5.74) is 1.10. The molecule has 1 saturated heterocycles. The first-order chi connectivity index (χ1) is 9.52. The number of carboxylic acids is 1. The summed E-state index contributed by atoms with van der Waals surface area (Å²) in [7, 11) is 1.86. The summed E-state index contributed by atoms with van der Waals surface area (Å²) < 4.78 is 0. The number of hydrogen-bond donors (Lipinski definition) is 1. The Morgan fingerprint density at radius 1 is 1.50 bits per heavy atom. The quantitative estimate of drug-likeness (QED) is 0.884. The van der Waals surface area contributed by atoms with E-state index in [0.29, 0.717) is 6.54 Å². The third-order valence-corrected chi connectivity index (χ3v) is 3.71. The molecule has 6 heteroatoms. The van der Waals surface area contributed by atoms with E-state index in [-0.39, 0.29) is 0 Å². The van der Waals surface area contributed by atoms with E-state index in [1.54, 1.807) is 0 Å². The molecular formula is C14H22N4O2. The van der Waals surface area contributed by atoms with Gasteiger partial charge in [-0.15, -0.1) is 0 Å².